The molecule has 0 spiro atoms. The van der Waals surface area contributed by atoms with Crippen molar-refractivity contribution in [2.75, 3.05) is 24.5 Å². The van der Waals surface area contributed by atoms with Gasteiger partial charge in [0.15, 0.2) is 11.5 Å². The first-order chi connectivity index (χ1) is 9.13. The molecule has 6 nitrogen and oxygen atoms in total. The molecule has 1 fully saturated rings. The summed E-state index contributed by atoms with van der Waals surface area (Å²) in [6, 6.07) is 3.35. The summed E-state index contributed by atoms with van der Waals surface area (Å²) >= 11 is 0. The summed E-state index contributed by atoms with van der Waals surface area (Å²) < 4.78 is 15.9. The normalized spacial score (nSPS) is 24.5. The molecule has 2 unspecified atom stereocenters. The van der Waals surface area contributed by atoms with Gasteiger partial charge in [0.2, 0.25) is 12.7 Å². The van der Waals surface area contributed by atoms with Crippen LogP contribution >= 0.6 is 0 Å². The third-order valence-corrected chi connectivity index (χ3v) is 3.37. The fraction of sp³-hybridized carbons (Fsp3) is 0.462. The molecule has 1 saturated heterocycles. The average Bonchev–Trinajstić information content (AvgIpc) is 2.98. The lowest BCUT2D eigenvalue weighted by atomic mass is 10.1. The molecule has 2 atom stereocenters. The molecule has 2 heterocycles. The standard InChI is InChI=1S/C13H16N2O4/c1-7-2-8(5-17-7)13(16)15-10-4-12-11(3-9(10)14)18-6-19-12/h3-4,7-8H,2,5-6,14H2,1H3,(H,15,16). The highest BCUT2D eigenvalue weighted by Gasteiger charge is 2.29. The van der Waals surface area contributed by atoms with Crippen molar-refractivity contribution in [3.8, 4) is 11.5 Å². The van der Waals surface area contributed by atoms with Crippen LogP contribution < -0.4 is 20.5 Å². The van der Waals surface area contributed by atoms with Crippen LogP contribution in [-0.2, 0) is 9.53 Å². The van der Waals surface area contributed by atoms with Gasteiger partial charge >= 0.3 is 0 Å². The number of hydrogen-bond acceptors (Lipinski definition) is 5. The van der Waals surface area contributed by atoms with Crippen LogP contribution in [0.15, 0.2) is 12.1 Å². The molecule has 0 radical (unpaired) electrons. The fourth-order valence-corrected chi connectivity index (χ4v) is 2.30. The number of ether oxygens (including phenoxy) is 3. The minimum Gasteiger partial charge on any atom is -0.454 e. The van der Waals surface area contributed by atoms with E-state index in [4.69, 9.17) is 19.9 Å². The summed E-state index contributed by atoms with van der Waals surface area (Å²) in [5, 5.41) is 2.82. The Kier molecular flexibility index (Phi) is 2.94. The quantitative estimate of drug-likeness (QED) is 0.788. The van der Waals surface area contributed by atoms with Gasteiger partial charge in [-0.3, -0.25) is 4.79 Å². The van der Waals surface area contributed by atoms with E-state index in [0.29, 0.717) is 29.5 Å². The molecule has 3 N–H and O–H groups in total. The topological polar surface area (TPSA) is 82.8 Å². The van der Waals surface area contributed by atoms with E-state index < -0.39 is 0 Å². The minimum absolute atomic E-state index is 0.0742. The van der Waals surface area contributed by atoms with Crippen molar-refractivity contribution in [1.29, 1.82) is 0 Å². The first-order valence-corrected chi connectivity index (χ1v) is 6.25. The highest BCUT2D eigenvalue weighted by Crippen LogP contribution is 2.38. The van der Waals surface area contributed by atoms with Crippen LogP contribution in [0.4, 0.5) is 11.4 Å². The summed E-state index contributed by atoms with van der Waals surface area (Å²) in [6.45, 7) is 2.60. The smallest absolute Gasteiger partial charge is 0.231 e. The van der Waals surface area contributed by atoms with E-state index in [9.17, 15) is 4.79 Å². The molecule has 0 aliphatic carbocycles. The van der Waals surface area contributed by atoms with Gasteiger partial charge in [0.1, 0.15) is 0 Å². The maximum Gasteiger partial charge on any atom is 0.231 e. The summed E-state index contributed by atoms with van der Waals surface area (Å²) in [5.74, 6) is 1.00. The van der Waals surface area contributed by atoms with Crippen LogP contribution in [0.3, 0.4) is 0 Å². The summed E-state index contributed by atoms with van der Waals surface area (Å²) in [7, 11) is 0. The predicted octanol–water partition coefficient (Wildman–Crippen LogP) is 1.36. The van der Waals surface area contributed by atoms with Gasteiger partial charge in [0, 0.05) is 12.1 Å². The number of fused-ring (bicyclic) bond motifs is 1. The number of carbonyl (C=O) groups is 1. The van der Waals surface area contributed by atoms with Gasteiger partial charge in [-0.2, -0.15) is 0 Å². The van der Waals surface area contributed by atoms with Crippen molar-refractivity contribution in [1.82, 2.24) is 0 Å². The van der Waals surface area contributed by atoms with Gasteiger partial charge in [0.05, 0.1) is 30.0 Å². The van der Waals surface area contributed by atoms with Crippen molar-refractivity contribution in [2.24, 2.45) is 5.92 Å². The Bertz CT molecular complexity index is 518. The van der Waals surface area contributed by atoms with Gasteiger partial charge in [-0.25, -0.2) is 0 Å². The Morgan fingerprint density at radius 2 is 2.11 bits per heavy atom. The lowest BCUT2D eigenvalue weighted by Crippen LogP contribution is -2.23. The van der Waals surface area contributed by atoms with E-state index in [-0.39, 0.29) is 24.7 Å². The molecule has 0 aromatic heterocycles. The molecule has 1 amide bonds. The molecule has 102 valence electrons. The summed E-state index contributed by atoms with van der Waals surface area (Å²) in [5.41, 5.74) is 6.90. The third kappa shape index (κ3) is 2.31. The highest BCUT2D eigenvalue weighted by molar-refractivity contribution is 5.96. The lowest BCUT2D eigenvalue weighted by molar-refractivity contribution is -0.119. The van der Waals surface area contributed by atoms with Crippen molar-refractivity contribution in [3.05, 3.63) is 12.1 Å². The second-order valence-corrected chi connectivity index (χ2v) is 4.86. The number of anilines is 2. The van der Waals surface area contributed by atoms with Gasteiger partial charge in [0.25, 0.3) is 0 Å². The number of nitrogens with two attached hydrogens (primary N) is 1. The zero-order valence-corrected chi connectivity index (χ0v) is 10.6. The fourth-order valence-electron chi connectivity index (χ4n) is 2.30. The van der Waals surface area contributed by atoms with Crippen LogP contribution in [0, 0.1) is 5.92 Å². The number of nitrogen functional groups attached to an aromatic ring is 1. The van der Waals surface area contributed by atoms with Gasteiger partial charge in [-0.1, -0.05) is 0 Å². The van der Waals surface area contributed by atoms with E-state index in [0.717, 1.165) is 6.42 Å². The number of amides is 1. The molecule has 0 bridgehead atoms. The average molecular weight is 264 g/mol. The Labute approximate surface area is 110 Å². The number of nitrogens with one attached hydrogen (secondary N) is 1. The zero-order chi connectivity index (χ0) is 13.4. The van der Waals surface area contributed by atoms with E-state index in [2.05, 4.69) is 5.32 Å². The molecule has 3 rings (SSSR count). The SMILES string of the molecule is CC1CC(C(=O)Nc2cc3c(cc2N)OCO3)CO1. The largest absolute Gasteiger partial charge is 0.454 e. The minimum atomic E-state index is -0.125. The molecule has 2 aliphatic rings. The number of carbonyl (C=O) groups excluding carboxylic acids is 1. The van der Waals surface area contributed by atoms with Gasteiger partial charge < -0.3 is 25.3 Å². The van der Waals surface area contributed by atoms with Crippen LogP contribution in [0.1, 0.15) is 13.3 Å². The van der Waals surface area contributed by atoms with Crippen molar-refractivity contribution < 1.29 is 19.0 Å². The Morgan fingerprint density at radius 1 is 1.37 bits per heavy atom. The second kappa shape index (κ2) is 4.62. The van der Waals surface area contributed by atoms with E-state index in [1.807, 2.05) is 6.92 Å². The molecular formula is C13H16N2O4. The third-order valence-electron chi connectivity index (χ3n) is 3.37. The lowest BCUT2D eigenvalue weighted by Gasteiger charge is -2.12. The summed E-state index contributed by atoms with van der Waals surface area (Å²) in [4.78, 5) is 12.1. The Balaban J connectivity index is 1.74. The first kappa shape index (κ1) is 12.1. The zero-order valence-electron chi connectivity index (χ0n) is 10.6. The number of rotatable bonds is 2. The Hall–Kier alpha value is -1.95. The van der Waals surface area contributed by atoms with Crippen molar-refractivity contribution in [3.63, 3.8) is 0 Å². The van der Waals surface area contributed by atoms with E-state index >= 15 is 0 Å². The molecule has 6 heteroatoms. The second-order valence-electron chi connectivity index (χ2n) is 4.86. The maximum absolute atomic E-state index is 12.1. The van der Waals surface area contributed by atoms with Crippen LogP contribution in [-0.4, -0.2) is 25.4 Å². The monoisotopic (exact) mass is 264 g/mol. The molecule has 19 heavy (non-hydrogen) atoms. The van der Waals surface area contributed by atoms with Crippen molar-refractivity contribution >= 4 is 17.3 Å². The van der Waals surface area contributed by atoms with Gasteiger partial charge in [-0.05, 0) is 13.3 Å². The molecule has 1 aromatic rings. The van der Waals surface area contributed by atoms with Crippen LogP contribution in [0.2, 0.25) is 0 Å². The molecule has 2 aliphatic heterocycles. The van der Waals surface area contributed by atoms with Crippen LogP contribution in [0.5, 0.6) is 11.5 Å². The Morgan fingerprint density at radius 3 is 2.79 bits per heavy atom. The first-order valence-electron chi connectivity index (χ1n) is 6.25. The molecule has 0 saturated carbocycles. The molecule has 1 aromatic carbocycles. The van der Waals surface area contributed by atoms with Crippen LogP contribution in [0.25, 0.3) is 0 Å². The van der Waals surface area contributed by atoms with E-state index in [1.165, 1.54) is 0 Å². The van der Waals surface area contributed by atoms with Gasteiger partial charge in [-0.15, -0.1) is 0 Å². The number of hydrogen-bond donors (Lipinski definition) is 2. The summed E-state index contributed by atoms with van der Waals surface area (Å²) in [6.07, 6.45) is 0.862. The highest BCUT2D eigenvalue weighted by atomic mass is 16.7. The predicted molar refractivity (Wildman–Crippen MR) is 69.1 cm³/mol. The number of benzene rings is 1. The molecular weight excluding hydrogens is 248 g/mol. The van der Waals surface area contributed by atoms with Crippen molar-refractivity contribution in [2.45, 2.75) is 19.4 Å². The van der Waals surface area contributed by atoms with E-state index in [1.54, 1.807) is 12.1 Å². The maximum atomic E-state index is 12.1.